The zero-order valence-corrected chi connectivity index (χ0v) is 14.2. The van der Waals surface area contributed by atoms with Crippen LogP contribution in [0.25, 0.3) is 11.4 Å². The Hall–Kier alpha value is -2.60. The molecular weight excluding hydrogens is 320 g/mol. The number of aryl methyl sites for hydroxylation is 1. The summed E-state index contributed by atoms with van der Waals surface area (Å²) in [6.07, 6.45) is 0. The maximum absolute atomic E-state index is 9.50. The van der Waals surface area contributed by atoms with Gasteiger partial charge >= 0.3 is 0 Å². The molecule has 0 radical (unpaired) electrons. The highest BCUT2D eigenvalue weighted by atomic mass is 32.2. The number of phenolic OH excluding ortho intramolecular Hbond substituents is 1. The van der Waals surface area contributed by atoms with Gasteiger partial charge in [0.1, 0.15) is 5.75 Å². The lowest BCUT2D eigenvalue weighted by atomic mass is 10.1. The zero-order chi connectivity index (χ0) is 16.7. The van der Waals surface area contributed by atoms with E-state index in [2.05, 4.69) is 30.1 Å². The highest BCUT2D eigenvalue weighted by molar-refractivity contribution is 8.00. The van der Waals surface area contributed by atoms with Crippen molar-refractivity contribution in [3.8, 4) is 17.1 Å². The van der Waals surface area contributed by atoms with Crippen LogP contribution in [0, 0.1) is 6.92 Å². The molecule has 5 nitrogen and oxygen atoms in total. The van der Waals surface area contributed by atoms with E-state index < -0.39 is 0 Å². The summed E-state index contributed by atoms with van der Waals surface area (Å²) >= 11 is 1.64. The Morgan fingerprint density at radius 3 is 2.54 bits per heavy atom. The molecule has 0 spiro atoms. The van der Waals surface area contributed by atoms with E-state index in [1.54, 1.807) is 23.9 Å². The van der Waals surface area contributed by atoms with Gasteiger partial charge in [-0.2, -0.15) is 9.78 Å². The Bertz CT molecular complexity index is 930. The molecule has 120 valence electrons. The molecule has 1 aromatic heterocycles. The molecule has 0 amide bonds. The number of nitrogens with zero attached hydrogens (tertiary/aromatic N) is 4. The number of rotatable bonds is 2. The summed E-state index contributed by atoms with van der Waals surface area (Å²) in [7, 11) is 0. The Morgan fingerprint density at radius 2 is 1.79 bits per heavy atom. The van der Waals surface area contributed by atoms with Crippen LogP contribution in [-0.2, 0) is 0 Å². The van der Waals surface area contributed by atoms with Crippen LogP contribution >= 0.6 is 11.8 Å². The molecule has 1 aliphatic heterocycles. The lowest BCUT2D eigenvalue weighted by Gasteiger charge is -2.20. The third-order valence-corrected chi connectivity index (χ3v) is 5.08. The topological polar surface area (TPSA) is 63.3 Å². The molecule has 3 aromatic rings. The first-order valence-corrected chi connectivity index (χ1v) is 8.58. The van der Waals surface area contributed by atoms with Gasteiger partial charge in [0, 0.05) is 5.56 Å². The summed E-state index contributed by atoms with van der Waals surface area (Å²) in [5, 5.41) is 23.9. The molecule has 0 aliphatic carbocycles. The average molecular weight is 336 g/mol. The minimum absolute atomic E-state index is 0.163. The van der Waals surface area contributed by atoms with Gasteiger partial charge in [-0.15, -0.1) is 10.2 Å². The van der Waals surface area contributed by atoms with E-state index >= 15 is 0 Å². The highest BCUT2D eigenvalue weighted by Crippen LogP contribution is 2.33. The number of hydrogen-bond acceptors (Lipinski definition) is 5. The van der Waals surface area contributed by atoms with Crippen LogP contribution < -0.4 is 0 Å². The van der Waals surface area contributed by atoms with E-state index in [1.165, 1.54) is 0 Å². The van der Waals surface area contributed by atoms with Crippen molar-refractivity contribution in [2.75, 3.05) is 0 Å². The molecule has 0 saturated heterocycles. The van der Waals surface area contributed by atoms with Crippen molar-refractivity contribution in [1.82, 2.24) is 14.9 Å². The van der Waals surface area contributed by atoms with Gasteiger partial charge in [0.15, 0.2) is 5.82 Å². The van der Waals surface area contributed by atoms with Crippen molar-refractivity contribution >= 4 is 17.5 Å². The summed E-state index contributed by atoms with van der Waals surface area (Å²) in [4.78, 5) is 0. The number of benzene rings is 2. The Balaban J connectivity index is 1.85. The van der Waals surface area contributed by atoms with E-state index in [0.717, 1.165) is 33.4 Å². The third-order valence-electron chi connectivity index (χ3n) is 4.04. The summed E-state index contributed by atoms with van der Waals surface area (Å²) in [5.74, 6) is 1.000. The smallest absolute Gasteiger partial charge is 0.213 e. The van der Waals surface area contributed by atoms with E-state index in [-0.39, 0.29) is 11.0 Å². The van der Waals surface area contributed by atoms with Gasteiger partial charge in [0.2, 0.25) is 5.16 Å². The fourth-order valence-electron chi connectivity index (χ4n) is 2.75. The predicted octanol–water partition coefficient (Wildman–Crippen LogP) is 3.71. The first-order valence-electron chi connectivity index (χ1n) is 7.70. The molecule has 2 heterocycles. The van der Waals surface area contributed by atoms with Gasteiger partial charge in [-0.05, 0) is 49.2 Å². The van der Waals surface area contributed by atoms with Gasteiger partial charge in [0.25, 0.3) is 0 Å². The van der Waals surface area contributed by atoms with Crippen LogP contribution in [0.3, 0.4) is 0 Å². The SMILES string of the molecule is Cc1ccccc1-c1nnc2n1N=C(c1ccc(O)cc1)[C@@H](C)S2. The number of fused-ring (bicyclic) bond motifs is 1. The van der Waals surface area contributed by atoms with Crippen molar-refractivity contribution in [3.05, 3.63) is 59.7 Å². The summed E-state index contributed by atoms with van der Waals surface area (Å²) < 4.78 is 1.81. The van der Waals surface area contributed by atoms with Crippen molar-refractivity contribution in [2.45, 2.75) is 24.3 Å². The van der Waals surface area contributed by atoms with Crippen molar-refractivity contribution in [1.29, 1.82) is 0 Å². The van der Waals surface area contributed by atoms with Gasteiger partial charge in [-0.1, -0.05) is 36.0 Å². The maximum atomic E-state index is 9.50. The van der Waals surface area contributed by atoms with Crippen LogP contribution in [0.1, 0.15) is 18.1 Å². The van der Waals surface area contributed by atoms with Crippen LogP contribution in [0.15, 0.2) is 58.8 Å². The van der Waals surface area contributed by atoms with Gasteiger partial charge in [0.05, 0.1) is 11.0 Å². The van der Waals surface area contributed by atoms with Crippen molar-refractivity contribution < 1.29 is 5.11 Å². The summed E-state index contributed by atoms with van der Waals surface area (Å²) in [6, 6.07) is 15.2. The normalized spacial score (nSPS) is 16.6. The van der Waals surface area contributed by atoms with Gasteiger partial charge in [-0.25, -0.2) is 0 Å². The van der Waals surface area contributed by atoms with Crippen LogP contribution in [0.2, 0.25) is 0 Å². The molecule has 6 heteroatoms. The lowest BCUT2D eigenvalue weighted by molar-refractivity contribution is 0.475. The Kier molecular flexibility index (Phi) is 3.61. The first kappa shape index (κ1) is 15.0. The summed E-state index contributed by atoms with van der Waals surface area (Å²) in [5.41, 5.74) is 4.10. The predicted molar refractivity (Wildman–Crippen MR) is 95.6 cm³/mol. The maximum Gasteiger partial charge on any atom is 0.213 e. The standard InChI is InChI=1S/C18H16N4OS/c1-11-5-3-4-6-15(11)17-19-20-18-22(17)21-16(12(2)24-18)13-7-9-14(23)10-8-13/h3-10,12,23H,1-2H3/t12-/m1/s1. The molecule has 1 atom stereocenters. The molecule has 0 unspecified atom stereocenters. The monoisotopic (exact) mass is 336 g/mol. The molecule has 24 heavy (non-hydrogen) atoms. The molecule has 1 N–H and O–H groups in total. The number of thioether (sulfide) groups is 1. The molecule has 0 bridgehead atoms. The van der Waals surface area contributed by atoms with E-state index in [4.69, 9.17) is 5.10 Å². The highest BCUT2D eigenvalue weighted by Gasteiger charge is 2.26. The largest absolute Gasteiger partial charge is 0.508 e. The quantitative estimate of drug-likeness (QED) is 0.775. The molecule has 1 aliphatic rings. The Labute approximate surface area is 144 Å². The van der Waals surface area contributed by atoms with Crippen LogP contribution in [0.5, 0.6) is 5.75 Å². The van der Waals surface area contributed by atoms with E-state index in [9.17, 15) is 5.11 Å². The molecule has 2 aromatic carbocycles. The first-order chi connectivity index (χ1) is 11.6. The second kappa shape index (κ2) is 5.79. The fraction of sp³-hybridized carbons (Fsp3) is 0.167. The van der Waals surface area contributed by atoms with E-state index in [0.29, 0.717) is 0 Å². The third kappa shape index (κ3) is 2.49. The Morgan fingerprint density at radius 1 is 1.04 bits per heavy atom. The molecular formula is C18H16N4OS. The second-order valence-corrected chi connectivity index (χ2v) is 7.03. The summed E-state index contributed by atoms with van der Waals surface area (Å²) in [6.45, 7) is 4.15. The number of phenols is 1. The lowest BCUT2D eigenvalue weighted by Crippen LogP contribution is -2.21. The number of hydrogen-bond donors (Lipinski definition) is 1. The van der Waals surface area contributed by atoms with Gasteiger partial charge < -0.3 is 5.11 Å². The van der Waals surface area contributed by atoms with E-state index in [1.807, 2.05) is 35.0 Å². The van der Waals surface area contributed by atoms with Crippen LogP contribution in [0.4, 0.5) is 0 Å². The van der Waals surface area contributed by atoms with Crippen molar-refractivity contribution in [2.24, 2.45) is 5.10 Å². The van der Waals surface area contributed by atoms with Gasteiger partial charge in [-0.3, -0.25) is 0 Å². The van der Waals surface area contributed by atoms with Crippen molar-refractivity contribution in [3.63, 3.8) is 0 Å². The molecule has 0 fully saturated rings. The molecule has 4 rings (SSSR count). The number of aromatic hydroxyl groups is 1. The number of aromatic nitrogens is 3. The molecule has 0 saturated carbocycles. The minimum Gasteiger partial charge on any atom is -0.508 e. The zero-order valence-electron chi connectivity index (χ0n) is 13.3. The minimum atomic E-state index is 0.163. The fourth-order valence-corrected chi connectivity index (χ4v) is 3.67. The average Bonchev–Trinajstić information content (AvgIpc) is 2.98. The second-order valence-electron chi connectivity index (χ2n) is 5.73. The van der Waals surface area contributed by atoms with Crippen LogP contribution in [-0.4, -0.2) is 30.9 Å².